The minimum Gasteiger partial charge on any atom is -0.616 e. The highest BCUT2D eigenvalue weighted by atomic mass is 35.5. The van der Waals surface area contributed by atoms with Gasteiger partial charge in [-0.15, -0.1) is 0 Å². The third kappa shape index (κ3) is 4.32. The molecule has 100 valence electrons. The summed E-state index contributed by atoms with van der Waals surface area (Å²) in [5, 5.41) is 0.951. The topological polar surface area (TPSA) is 32.3 Å². The fourth-order valence-electron chi connectivity index (χ4n) is 1.56. The summed E-state index contributed by atoms with van der Waals surface area (Å²) in [6.07, 6.45) is 1.68. The zero-order valence-electron chi connectivity index (χ0n) is 10.2. The van der Waals surface area contributed by atoms with E-state index in [0.29, 0.717) is 27.3 Å². The van der Waals surface area contributed by atoms with Crippen LogP contribution in [0.1, 0.15) is 5.56 Å². The van der Waals surface area contributed by atoms with Crippen molar-refractivity contribution in [1.29, 1.82) is 0 Å². The van der Waals surface area contributed by atoms with Crippen molar-refractivity contribution in [2.24, 2.45) is 0 Å². The summed E-state index contributed by atoms with van der Waals surface area (Å²) >= 11 is 10.9. The van der Waals surface area contributed by atoms with Gasteiger partial charge in [0.25, 0.3) is 0 Å². The van der Waals surface area contributed by atoms with E-state index in [1.165, 1.54) is 0 Å². The predicted molar refractivity (Wildman–Crippen MR) is 80.7 cm³/mol. The lowest BCUT2D eigenvalue weighted by Gasteiger charge is -2.08. The van der Waals surface area contributed by atoms with Crippen LogP contribution in [0.3, 0.4) is 0 Å². The highest BCUT2D eigenvalue weighted by Gasteiger charge is 2.04. The Kier molecular flexibility index (Phi) is 4.99. The summed E-state index contributed by atoms with van der Waals surface area (Å²) < 4.78 is 16.8. The van der Waals surface area contributed by atoms with Crippen LogP contribution in [0.25, 0.3) is 0 Å². The maximum absolute atomic E-state index is 11.1. The fraction of sp³-hybridized carbons (Fsp3) is 0.143. The van der Waals surface area contributed by atoms with Crippen LogP contribution in [0, 0.1) is 0 Å². The number of rotatable bonds is 4. The van der Waals surface area contributed by atoms with Gasteiger partial charge in [-0.25, -0.2) is 0 Å². The molecule has 0 spiro atoms. The molecule has 0 aliphatic heterocycles. The molecule has 0 bridgehead atoms. The average Bonchev–Trinajstić information content (AvgIpc) is 2.36. The van der Waals surface area contributed by atoms with E-state index in [1.54, 1.807) is 24.5 Å². The van der Waals surface area contributed by atoms with Crippen molar-refractivity contribution in [3.8, 4) is 11.5 Å². The van der Waals surface area contributed by atoms with Gasteiger partial charge in [0.2, 0.25) is 0 Å². The maximum atomic E-state index is 11.1. The minimum absolute atomic E-state index is 0.456. The van der Waals surface area contributed by atoms with Crippen LogP contribution in [0.15, 0.2) is 42.5 Å². The molecule has 2 rings (SSSR count). The molecule has 0 saturated heterocycles. The first kappa shape index (κ1) is 14.5. The van der Waals surface area contributed by atoms with E-state index in [1.807, 2.05) is 24.3 Å². The first-order valence-corrected chi connectivity index (χ1v) is 8.05. The first-order chi connectivity index (χ1) is 9.04. The molecule has 1 atom stereocenters. The van der Waals surface area contributed by atoms with Crippen molar-refractivity contribution in [3.63, 3.8) is 0 Å². The van der Waals surface area contributed by atoms with E-state index in [2.05, 4.69) is 0 Å². The summed E-state index contributed by atoms with van der Waals surface area (Å²) in [4.78, 5) is 0. The van der Waals surface area contributed by atoms with Gasteiger partial charge < -0.3 is 9.29 Å². The molecule has 2 aromatic rings. The van der Waals surface area contributed by atoms with Gasteiger partial charge in [-0.3, -0.25) is 0 Å². The molecule has 0 radical (unpaired) electrons. The summed E-state index contributed by atoms with van der Waals surface area (Å²) in [6, 6.07) is 12.6. The molecule has 2 nitrogen and oxygen atoms in total. The lowest BCUT2D eigenvalue weighted by atomic mass is 10.2. The Bertz CT molecular complexity index is 556. The van der Waals surface area contributed by atoms with Gasteiger partial charge in [0, 0.05) is 11.6 Å². The fourth-order valence-corrected chi connectivity index (χ4v) is 2.51. The Balaban J connectivity index is 2.08. The molecular weight excluding hydrogens is 303 g/mol. The zero-order valence-corrected chi connectivity index (χ0v) is 12.6. The van der Waals surface area contributed by atoms with Crippen LogP contribution >= 0.6 is 23.2 Å². The van der Waals surface area contributed by atoms with Crippen molar-refractivity contribution < 1.29 is 9.29 Å². The highest BCUT2D eigenvalue weighted by molar-refractivity contribution is 7.89. The molecule has 0 heterocycles. The molecule has 0 aliphatic rings. The Morgan fingerprint density at radius 3 is 2.21 bits per heavy atom. The average molecular weight is 315 g/mol. The monoisotopic (exact) mass is 314 g/mol. The van der Waals surface area contributed by atoms with E-state index < -0.39 is 11.2 Å². The second kappa shape index (κ2) is 6.53. The molecule has 0 aromatic heterocycles. The van der Waals surface area contributed by atoms with Gasteiger partial charge in [0.1, 0.15) is 17.3 Å². The van der Waals surface area contributed by atoms with Crippen LogP contribution in [-0.2, 0) is 16.9 Å². The van der Waals surface area contributed by atoms with Gasteiger partial charge in [0.05, 0.1) is 16.3 Å². The molecular formula is C14H12Cl2O2S. The lowest BCUT2D eigenvalue weighted by molar-refractivity contribution is 0.482. The molecule has 0 amide bonds. The van der Waals surface area contributed by atoms with Crippen molar-refractivity contribution in [3.05, 3.63) is 58.1 Å². The van der Waals surface area contributed by atoms with E-state index >= 15 is 0 Å². The Hall–Kier alpha value is -0.870. The van der Waals surface area contributed by atoms with E-state index in [9.17, 15) is 4.55 Å². The van der Waals surface area contributed by atoms with Crippen LogP contribution in [0.4, 0.5) is 0 Å². The number of halogens is 2. The molecule has 0 N–H and O–H groups in total. The molecule has 0 aliphatic carbocycles. The van der Waals surface area contributed by atoms with E-state index in [0.717, 1.165) is 5.56 Å². The second-order valence-corrected chi connectivity index (χ2v) is 6.29. The molecule has 0 fully saturated rings. The molecule has 2 aromatic carbocycles. The van der Waals surface area contributed by atoms with Crippen molar-refractivity contribution in [2.75, 3.05) is 6.26 Å². The van der Waals surface area contributed by atoms with E-state index in [4.69, 9.17) is 27.9 Å². The van der Waals surface area contributed by atoms with E-state index in [-0.39, 0.29) is 0 Å². The van der Waals surface area contributed by atoms with Crippen molar-refractivity contribution in [2.45, 2.75) is 5.75 Å². The van der Waals surface area contributed by atoms with Crippen LogP contribution in [0.2, 0.25) is 10.0 Å². The van der Waals surface area contributed by atoms with Crippen LogP contribution in [0.5, 0.6) is 11.5 Å². The zero-order chi connectivity index (χ0) is 13.8. The normalized spacial score (nSPS) is 12.2. The van der Waals surface area contributed by atoms with Crippen LogP contribution < -0.4 is 4.74 Å². The molecule has 1 unspecified atom stereocenters. The Morgan fingerprint density at radius 2 is 1.63 bits per heavy atom. The standard InChI is InChI=1S/C14H12Cl2O2S/c1-19(17)9-10-2-4-11(5-3-10)18-12-6-7-13(15)14(16)8-12/h2-8H,9H2,1H3. The maximum Gasteiger partial charge on any atom is 0.130 e. The number of benzene rings is 2. The van der Waals surface area contributed by atoms with Gasteiger partial charge in [-0.2, -0.15) is 0 Å². The summed E-state index contributed by atoms with van der Waals surface area (Å²) in [6.45, 7) is 0. The summed E-state index contributed by atoms with van der Waals surface area (Å²) in [7, 11) is 0. The van der Waals surface area contributed by atoms with Gasteiger partial charge in [-0.1, -0.05) is 46.5 Å². The first-order valence-electron chi connectivity index (χ1n) is 5.56. The smallest absolute Gasteiger partial charge is 0.130 e. The highest BCUT2D eigenvalue weighted by Crippen LogP contribution is 2.29. The minimum atomic E-state index is -0.840. The van der Waals surface area contributed by atoms with Gasteiger partial charge in [0.15, 0.2) is 0 Å². The summed E-state index contributed by atoms with van der Waals surface area (Å²) in [5.74, 6) is 1.87. The third-order valence-corrected chi connectivity index (χ3v) is 3.90. The Morgan fingerprint density at radius 1 is 1.00 bits per heavy atom. The number of hydrogen-bond donors (Lipinski definition) is 0. The Labute approximate surface area is 125 Å². The summed E-state index contributed by atoms with van der Waals surface area (Å²) in [5.41, 5.74) is 1.02. The molecule has 19 heavy (non-hydrogen) atoms. The molecule has 0 saturated carbocycles. The van der Waals surface area contributed by atoms with Crippen molar-refractivity contribution in [1.82, 2.24) is 0 Å². The molecule has 5 heteroatoms. The quantitative estimate of drug-likeness (QED) is 0.768. The van der Waals surface area contributed by atoms with Crippen molar-refractivity contribution >= 4 is 34.4 Å². The number of ether oxygens (including phenoxy) is 1. The van der Waals surface area contributed by atoms with Gasteiger partial charge in [-0.05, 0) is 24.3 Å². The number of hydrogen-bond acceptors (Lipinski definition) is 2. The van der Waals surface area contributed by atoms with Gasteiger partial charge >= 0.3 is 0 Å². The third-order valence-electron chi connectivity index (χ3n) is 2.42. The second-order valence-electron chi connectivity index (χ2n) is 4.04. The van der Waals surface area contributed by atoms with Crippen LogP contribution in [-0.4, -0.2) is 10.8 Å². The predicted octanol–water partition coefficient (Wildman–Crippen LogP) is 4.66. The lowest BCUT2D eigenvalue weighted by Crippen LogP contribution is -2.00. The largest absolute Gasteiger partial charge is 0.616 e. The SMILES string of the molecule is C[S+]([O-])Cc1ccc(Oc2ccc(Cl)c(Cl)c2)cc1.